The third kappa shape index (κ3) is 3.71. The molecule has 0 heterocycles. The number of aliphatic hydroxyl groups excluding tert-OH is 1. The van der Waals surface area contributed by atoms with E-state index in [0.29, 0.717) is 0 Å². The molecule has 0 aliphatic rings. The first-order valence-corrected chi connectivity index (χ1v) is 5.89. The predicted molar refractivity (Wildman–Crippen MR) is 64.6 cm³/mol. The molecule has 0 spiro atoms. The van der Waals surface area contributed by atoms with E-state index in [2.05, 4.69) is 15.9 Å². The number of carbonyl (C=O) groups is 2. The number of hydrogen-bond donors (Lipinski definition) is 3. The van der Waals surface area contributed by atoms with Crippen molar-refractivity contribution in [3.8, 4) is 0 Å². The molecule has 0 aliphatic carbocycles. The average molecular weight is 338 g/mol. The number of carbonyl (C=O) groups excluding carboxylic acids is 1. The van der Waals surface area contributed by atoms with Gasteiger partial charge in [0.05, 0.1) is 6.10 Å². The maximum Gasteiger partial charge on any atom is 0.328 e. The Balaban J connectivity index is 3.05. The van der Waals surface area contributed by atoms with Gasteiger partial charge in [-0.15, -0.1) is 0 Å². The van der Waals surface area contributed by atoms with Crippen molar-refractivity contribution in [1.82, 2.24) is 5.32 Å². The van der Waals surface area contributed by atoms with Gasteiger partial charge >= 0.3 is 5.97 Å². The minimum atomic E-state index is -1.66. The topological polar surface area (TPSA) is 86.6 Å². The molecular formula is C11H10BrF2NO4. The Bertz CT molecular complexity index is 498. The van der Waals surface area contributed by atoms with Gasteiger partial charge in [-0.2, -0.15) is 0 Å². The molecule has 5 nitrogen and oxygen atoms in total. The van der Waals surface area contributed by atoms with Crippen LogP contribution in [0.2, 0.25) is 0 Å². The van der Waals surface area contributed by atoms with Crippen LogP contribution in [0.3, 0.4) is 0 Å². The van der Waals surface area contributed by atoms with Gasteiger partial charge in [0.15, 0.2) is 6.04 Å². The van der Waals surface area contributed by atoms with E-state index in [-0.39, 0.29) is 4.47 Å². The van der Waals surface area contributed by atoms with Crippen molar-refractivity contribution in [2.45, 2.75) is 19.1 Å². The van der Waals surface area contributed by atoms with Gasteiger partial charge in [-0.1, -0.05) is 15.9 Å². The van der Waals surface area contributed by atoms with E-state index in [0.717, 1.165) is 19.1 Å². The van der Waals surface area contributed by atoms with E-state index < -0.39 is 41.2 Å². The van der Waals surface area contributed by atoms with Gasteiger partial charge in [0, 0.05) is 4.47 Å². The first kappa shape index (κ1) is 15.5. The molecule has 104 valence electrons. The van der Waals surface area contributed by atoms with Crippen LogP contribution in [0.1, 0.15) is 17.3 Å². The molecule has 1 aromatic carbocycles. The zero-order chi connectivity index (χ0) is 14.7. The van der Waals surface area contributed by atoms with E-state index >= 15 is 0 Å². The second-order valence-corrected chi connectivity index (χ2v) is 4.69. The Hall–Kier alpha value is -1.54. The lowest BCUT2D eigenvalue weighted by Gasteiger charge is -2.17. The zero-order valence-electron chi connectivity index (χ0n) is 9.65. The van der Waals surface area contributed by atoms with Crippen LogP contribution in [0.5, 0.6) is 0 Å². The van der Waals surface area contributed by atoms with E-state index in [9.17, 15) is 23.5 Å². The van der Waals surface area contributed by atoms with Gasteiger partial charge in [-0.3, -0.25) is 4.79 Å². The first-order chi connectivity index (χ1) is 8.73. The molecule has 0 bridgehead atoms. The van der Waals surface area contributed by atoms with Crippen LogP contribution < -0.4 is 5.32 Å². The molecule has 8 heteroatoms. The van der Waals surface area contributed by atoms with Crippen molar-refractivity contribution in [2.24, 2.45) is 0 Å². The molecular weight excluding hydrogens is 328 g/mol. The van der Waals surface area contributed by atoms with Crippen molar-refractivity contribution >= 4 is 27.8 Å². The highest BCUT2D eigenvalue weighted by Crippen LogP contribution is 2.19. The second kappa shape index (κ2) is 6.07. The summed E-state index contributed by atoms with van der Waals surface area (Å²) in [4.78, 5) is 22.4. The molecule has 0 unspecified atom stereocenters. The molecule has 0 aliphatic heterocycles. The Kier molecular flexibility index (Phi) is 4.96. The Morgan fingerprint density at radius 3 is 2.16 bits per heavy atom. The lowest BCUT2D eigenvalue weighted by molar-refractivity contribution is -0.141. The quantitative estimate of drug-likeness (QED) is 0.772. The number of amides is 1. The maximum atomic E-state index is 13.5. The number of rotatable bonds is 4. The molecule has 1 amide bonds. The molecule has 0 aromatic heterocycles. The molecule has 19 heavy (non-hydrogen) atoms. The Morgan fingerprint density at radius 2 is 1.79 bits per heavy atom. The van der Waals surface area contributed by atoms with Crippen molar-refractivity contribution < 1.29 is 28.6 Å². The minimum Gasteiger partial charge on any atom is -0.480 e. The fourth-order valence-corrected chi connectivity index (χ4v) is 1.76. The van der Waals surface area contributed by atoms with Gasteiger partial charge < -0.3 is 15.5 Å². The predicted octanol–water partition coefficient (Wildman–Crippen LogP) is 1.29. The second-order valence-electron chi connectivity index (χ2n) is 3.77. The van der Waals surface area contributed by atoms with E-state index in [4.69, 9.17) is 5.11 Å². The first-order valence-electron chi connectivity index (χ1n) is 5.10. The van der Waals surface area contributed by atoms with Gasteiger partial charge in [0.25, 0.3) is 5.91 Å². The smallest absolute Gasteiger partial charge is 0.328 e. The van der Waals surface area contributed by atoms with Crippen molar-refractivity contribution in [2.75, 3.05) is 0 Å². The molecule has 0 saturated carbocycles. The van der Waals surface area contributed by atoms with E-state index in [1.807, 2.05) is 5.32 Å². The van der Waals surface area contributed by atoms with Crippen LogP contribution in [0.25, 0.3) is 0 Å². The number of carboxylic acid groups (broad SMARTS) is 1. The van der Waals surface area contributed by atoms with E-state index in [1.165, 1.54) is 0 Å². The summed E-state index contributed by atoms with van der Waals surface area (Å²) >= 11 is 2.85. The molecule has 0 saturated heterocycles. The SMILES string of the molecule is C[C@@H](O)[C@H](NC(=O)c1c(F)cc(Br)cc1F)C(=O)O. The van der Waals surface area contributed by atoms with Gasteiger partial charge in [0.2, 0.25) is 0 Å². The van der Waals surface area contributed by atoms with Crippen LogP contribution >= 0.6 is 15.9 Å². The molecule has 3 N–H and O–H groups in total. The van der Waals surface area contributed by atoms with Crippen LogP contribution in [-0.2, 0) is 4.79 Å². The number of benzene rings is 1. The fourth-order valence-electron chi connectivity index (χ4n) is 1.36. The summed E-state index contributed by atoms with van der Waals surface area (Å²) in [5, 5.41) is 19.8. The van der Waals surface area contributed by atoms with Gasteiger partial charge in [-0.25, -0.2) is 13.6 Å². The van der Waals surface area contributed by atoms with Crippen molar-refractivity contribution in [1.29, 1.82) is 0 Å². The number of nitrogens with one attached hydrogen (secondary N) is 1. The maximum absolute atomic E-state index is 13.5. The highest BCUT2D eigenvalue weighted by atomic mass is 79.9. The van der Waals surface area contributed by atoms with E-state index in [1.54, 1.807) is 0 Å². The standard InChI is InChI=1S/C11H10BrF2NO4/c1-4(16)9(11(18)19)15-10(17)8-6(13)2-5(12)3-7(8)14/h2-4,9,16H,1H3,(H,15,17)(H,18,19)/t4-,9+/m1/s1. The van der Waals surface area contributed by atoms with Crippen LogP contribution in [0.15, 0.2) is 16.6 Å². The highest BCUT2D eigenvalue weighted by Gasteiger charge is 2.28. The van der Waals surface area contributed by atoms with Crippen LogP contribution in [-0.4, -0.2) is 34.2 Å². The number of aliphatic hydroxyl groups is 1. The third-order valence-electron chi connectivity index (χ3n) is 2.27. The fraction of sp³-hybridized carbons (Fsp3) is 0.273. The highest BCUT2D eigenvalue weighted by molar-refractivity contribution is 9.10. The Morgan fingerprint density at radius 1 is 1.32 bits per heavy atom. The van der Waals surface area contributed by atoms with Gasteiger partial charge in [-0.05, 0) is 19.1 Å². The van der Waals surface area contributed by atoms with Crippen LogP contribution in [0.4, 0.5) is 8.78 Å². The summed E-state index contributed by atoms with van der Waals surface area (Å²) in [6, 6.07) is 0.0849. The minimum absolute atomic E-state index is 0.101. The monoisotopic (exact) mass is 337 g/mol. The third-order valence-corrected chi connectivity index (χ3v) is 2.73. The number of halogens is 3. The summed E-state index contributed by atoms with van der Waals surface area (Å²) in [5.74, 6) is -5.05. The largest absolute Gasteiger partial charge is 0.480 e. The molecule has 0 fully saturated rings. The summed E-state index contributed by atoms with van der Waals surface area (Å²) < 4.78 is 27.0. The molecule has 0 radical (unpaired) electrons. The van der Waals surface area contributed by atoms with Crippen molar-refractivity contribution in [3.05, 3.63) is 33.8 Å². The Labute approximate surface area is 115 Å². The average Bonchev–Trinajstić information content (AvgIpc) is 2.23. The van der Waals surface area contributed by atoms with Crippen LogP contribution in [0, 0.1) is 11.6 Å². The van der Waals surface area contributed by atoms with Gasteiger partial charge in [0.1, 0.15) is 17.2 Å². The lowest BCUT2D eigenvalue weighted by atomic mass is 10.1. The number of aliphatic carboxylic acids is 1. The zero-order valence-corrected chi connectivity index (χ0v) is 11.2. The molecule has 2 atom stereocenters. The summed E-state index contributed by atoms with van der Waals surface area (Å²) in [7, 11) is 0. The summed E-state index contributed by atoms with van der Waals surface area (Å²) in [6.07, 6.45) is -1.41. The summed E-state index contributed by atoms with van der Waals surface area (Å²) in [5.41, 5.74) is -0.907. The number of hydrogen-bond acceptors (Lipinski definition) is 3. The van der Waals surface area contributed by atoms with Crippen molar-refractivity contribution in [3.63, 3.8) is 0 Å². The molecule has 1 aromatic rings. The normalized spacial score (nSPS) is 13.7. The lowest BCUT2D eigenvalue weighted by Crippen LogP contribution is -2.48. The number of carboxylic acids is 1. The summed E-state index contributed by atoms with van der Waals surface area (Å²) in [6.45, 7) is 1.13. The molecule has 1 rings (SSSR count).